The normalized spacial score (nSPS) is 24.1. The molecule has 1 aromatic heterocycles. The Bertz CT molecular complexity index is 580. The molecule has 2 atom stereocenters. The fourth-order valence-corrected chi connectivity index (χ4v) is 5.31. The van der Waals surface area contributed by atoms with E-state index in [1.54, 1.807) is 0 Å². The van der Waals surface area contributed by atoms with Crippen LogP contribution in [0.15, 0.2) is 22.5 Å². The van der Waals surface area contributed by atoms with Crippen molar-refractivity contribution in [2.45, 2.75) is 31.7 Å². The second-order valence-corrected chi connectivity index (χ2v) is 8.86. The van der Waals surface area contributed by atoms with E-state index in [4.69, 9.17) is 4.74 Å². The molecule has 0 spiro atoms. The van der Waals surface area contributed by atoms with Crippen molar-refractivity contribution < 1.29 is 4.74 Å². The number of thiophene rings is 1. The number of hydrogen-bond acceptors (Lipinski definition) is 5. The number of likely N-dealkylation sites (tertiary alicyclic amines) is 1. The van der Waals surface area contributed by atoms with E-state index in [2.05, 4.69) is 50.0 Å². The molecule has 6 nitrogen and oxygen atoms in total. The van der Waals surface area contributed by atoms with E-state index in [-0.39, 0.29) is 24.0 Å². The van der Waals surface area contributed by atoms with Gasteiger partial charge in [0.1, 0.15) is 0 Å². The van der Waals surface area contributed by atoms with E-state index in [1.807, 2.05) is 18.4 Å². The largest absolute Gasteiger partial charge is 0.379 e. The number of aliphatic imine (C=N–C) groups is 1. The molecule has 2 N–H and O–H groups in total. The lowest BCUT2D eigenvalue weighted by Crippen LogP contribution is -2.45. The molecule has 0 radical (unpaired) electrons. The van der Waals surface area contributed by atoms with Gasteiger partial charge in [0.25, 0.3) is 0 Å². The fourth-order valence-electron chi connectivity index (χ4n) is 4.32. The standard InChI is InChI=1S/C21H37N5OS.HI/c1-22-21(23-9-3-4-11-26-12-14-27-15-13-26)24-17-18-7-5-10-25(2)20(18)19-8-6-16-28-19;/h6,8,16,18,20H,3-5,7,9-15,17H2,1-2H3,(H2,22,23,24);1H. The van der Waals surface area contributed by atoms with Crippen LogP contribution in [0.5, 0.6) is 0 Å². The molecular weight excluding hydrogens is 497 g/mol. The molecule has 2 aliphatic heterocycles. The monoisotopic (exact) mass is 535 g/mol. The van der Waals surface area contributed by atoms with Gasteiger partial charge >= 0.3 is 0 Å². The smallest absolute Gasteiger partial charge is 0.190 e. The Kier molecular flexibility index (Phi) is 11.8. The summed E-state index contributed by atoms with van der Waals surface area (Å²) in [7, 11) is 4.13. The molecule has 2 aliphatic rings. The minimum Gasteiger partial charge on any atom is -0.379 e. The molecule has 0 amide bonds. The zero-order valence-corrected chi connectivity index (χ0v) is 21.1. The Balaban J connectivity index is 0.00000300. The Morgan fingerprint density at radius 2 is 2.07 bits per heavy atom. The van der Waals surface area contributed by atoms with Crippen LogP contribution in [0.3, 0.4) is 0 Å². The highest BCUT2D eigenvalue weighted by molar-refractivity contribution is 14.0. The van der Waals surface area contributed by atoms with Gasteiger partial charge in [0.05, 0.1) is 13.2 Å². The first kappa shape index (κ1) is 24.8. The molecule has 29 heavy (non-hydrogen) atoms. The van der Waals surface area contributed by atoms with Crippen molar-refractivity contribution in [1.82, 2.24) is 20.4 Å². The summed E-state index contributed by atoms with van der Waals surface area (Å²) in [5.74, 6) is 1.56. The summed E-state index contributed by atoms with van der Waals surface area (Å²) in [5.41, 5.74) is 0. The average Bonchev–Trinajstić information content (AvgIpc) is 3.25. The van der Waals surface area contributed by atoms with Gasteiger partial charge in [-0.05, 0) is 63.2 Å². The Morgan fingerprint density at radius 1 is 1.24 bits per heavy atom. The van der Waals surface area contributed by atoms with Crippen LogP contribution in [0.25, 0.3) is 0 Å². The third-order valence-corrected chi connectivity index (χ3v) is 6.84. The van der Waals surface area contributed by atoms with E-state index < -0.39 is 0 Å². The van der Waals surface area contributed by atoms with Crippen LogP contribution >= 0.6 is 35.3 Å². The molecule has 2 saturated heterocycles. The van der Waals surface area contributed by atoms with Crippen molar-refractivity contribution in [1.29, 1.82) is 0 Å². The zero-order chi connectivity index (χ0) is 19.6. The van der Waals surface area contributed by atoms with Gasteiger partial charge in [0.2, 0.25) is 0 Å². The summed E-state index contributed by atoms with van der Waals surface area (Å²) in [6, 6.07) is 4.98. The summed E-state index contributed by atoms with van der Waals surface area (Å²) in [4.78, 5) is 10.9. The third kappa shape index (κ3) is 7.97. The predicted octanol–water partition coefficient (Wildman–Crippen LogP) is 3.03. The first-order valence-electron chi connectivity index (χ1n) is 10.8. The molecule has 3 heterocycles. The van der Waals surface area contributed by atoms with E-state index in [0.29, 0.717) is 12.0 Å². The van der Waals surface area contributed by atoms with Crippen LogP contribution in [-0.2, 0) is 4.74 Å². The van der Waals surface area contributed by atoms with Crippen molar-refractivity contribution in [3.8, 4) is 0 Å². The van der Waals surface area contributed by atoms with Gasteiger partial charge < -0.3 is 15.4 Å². The number of nitrogens with zero attached hydrogens (tertiary/aromatic N) is 3. The van der Waals surface area contributed by atoms with E-state index in [1.165, 1.54) is 43.6 Å². The number of morpholine rings is 1. The lowest BCUT2D eigenvalue weighted by Gasteiger charge is -2.39. The third-order valence-electron chi connectivity index (χ3n) is 5.89. The molecule has 0 saturated carbocycles. The minimum atomic E-state index is 0. The molecule has 0 bridgehead atoms. The van der Waals surface area contributed by atoms with E-state index in [0.717, 1.165) is 45.4 Å². The lowest BCUT2D eigenvalue weighted by atomic mass is 9.88. The van der Waals surface area contributed by atoms with Crippen LogP contribution in [0.1, 0.15) is 36.6 Å². The number of unbranched alkanes of at least 4 members (excludes halogenated alkanes) is 1. The van der Waals surface area contributed by atoms with Gasteiger partial charge in [-0.25, -0.2) is 0 Å². The zero-order valence-electron chi connectivity index (χ0n) is 17.9. The number of ether oxygens (including phenoxy) is 1. The van der Waals surface area contributed by atoms with Crippen LogP contribution in [0.2, 0.25) is 0 Å². The Morgan fingerprint density at radius 3 is 2.79 bits per heavy atom. The number of guanidine groups is 1. The van der Waals surface area contributed by atoms with Gasteiger partial charge in [0.15, 0.2) is 5.96 Å². The summed E-state index contributed by atoms with van der Waals surface area (Å²) in [6.07, 6.45) is 4.94. The van der Waals surface area contributed by atoms with Crippen molar-refractivity contribution in [3.63, 3.8) is 0 Å². The number of nitrogens with one attached hydrogen (secondary N) is 2. The van der Waals surface area contributed by atoms with Crippen molar-refractivity contribution in [2.24, 2.45) is 10.9 Å². The molecule has 2 unspecified atom stereocenters. The highest BCUT2D eigenvalue weighted by atomic mass is 127. The van der Waals surface area contributed by atoms with E-state index in [9.17, 15) is 0 Å². The average molecular weight is 536 g/mol. The maximum Gasteiger partial charge on any atom is 0.190 e. The maximum absolute atomic E-state index is 5.41. The topological polar surface area (TPSA) is 52.1 Å². The van der Waals surface area contributed by atoms with Crippen LogP contribution in [-0.4, -0.2) is 82.3 Å². The number of hydrogen-bond donors (Lipinski definition) is 2. The van der Waals surface area contributed by atoms with Gasteiger partial charge in [-0.3, -0.25) is 14.8 Å². The fraction of sp³-hybridized carbons (Fsp3) is 0.762. The van der Waals surface area contributed by atoms with Crippen molar-refractivity contribution >= 4 is 41.3 Å². The second-order valence-electron chi connectivity index (χ2n) is 7.88. The van der Waals surface area contributed by atoms with Gasteiger partial charge in [-0.2, -0.15) is 0 Å². The Hall–Kier alpha value is -0.420. The molecular formula is C21H38IN5OS. The molecule has 0 aliphatic carbocycles. The van der Waals surface area contributed by atoms with Crippen LogP contribution < -0.4 is 10.6 Å². The number of piperidine rings is 1. The highest BCUT2D eigenvalue weighted by Gasteiger charge is 2.31. The van der Waals surface area contributed by atoms with Gasteiger partial charge in [0, 0.05) is 44.1 Å². The molecule has 2 fully saturated rings. The summed E-state index contributed by atoms with van der Waals surface area (Å²) < 4.78 is 5.41. The predicted molar refractivity (Wildman–Crippen MR) is 134 cm³/mol. The molecule has 3 rings (SSSR count). The molecule has 166 valence electrons. The highest BCUT2D eigenvalue weighted by Crippen LogP contribution is 2.36. The van der Waals surface area contributed by atoms with Crippen molar-refractivity contribution in [3.05, 3.63) is 22.4 Å². The second kappa shape index (κ2) is 13.8. The first-order chi connectivity index (χ1) is 13.8. The first-order valence-corrected chi connectivity index (χ1v) is 11.6. The summed E-state index contributed by atoms with van der Waals surface area (Å²) >= 11 is 1.88. The van der Waals surface area contributed by atoms with Crippen LogP contribution in [0.4, 0.5) is 0 Å². The lowest BCUT2D eigenvalue weighted by molar-refractivity contribution is 0.0372. The Labute approximate surface area is 197 Å². The quantitative estimate of drug-likeness (QED) is 0.232. The molecule has 1 aromatic rings. The number of halogens is 1. The number of rotatable bonds is 8. The minimum absolute atomic E-state index is 0. The van der Waals surface area contributed by atoms with Crippen LogP contribution in [0, 0.1) is 5.92 Å². The molecule has 8 heteroatoms. The molecule has 0 aromatic carbocycles. The van der Waals surface area contributed by atoms with Gasteiger partial charge in [-0.15, -0.1) is 35.3 Å². The SMILES string of the molecule is CN=C(NCCCCN1CCOCC1)NCC1CCCN(C)C1c1cccs1.I. The maximum atomic E-state index is 5.41. The van der Waals surface area contributed by atoms with Crippen molar-refractivity contribution in [2.75, 3.05) is 66.6 Å². The van der Waals surface area contributed by atoms with E-state index >= 15 is 0 Å². The summed E-state index contributed by atoms with van der Waals surface area (Å²) in [5, 5.41) is 9.27. The van der Waals surface area contributed by atoms with Gasteiger partial charge in [-0.1, -0.05) is 6.07 Å². The summed E-state index contributed by atoms with van der Waals surface area (Å²) in [6.45, 7) is 8.25.